The summed E-state index contributed by atoms with van der Waals surface area (Å²) < 4.78 is 0. The highest BCUT2D eigenvalue weighted by Gasteiger charge is 2.33. The lowest BCUT2D eigenvalue weighted by atomic mass is 9.80. The quantitative estimate of drug-likeness (QED) is 0.470. The van der Waals surface area contributed by atoms with Crippen molar-refractivity contribution in [2.24, 2.45) is 0 Å². The molecule has 0 aliphatic heterocycles. The Hall–Kier alpha value is -1.39. The van der Waals surface area contributed by atoms with E-state index in [9.17, 15) is 0 Å². The maximum Gasteiger partial charge on any atom is 0.198 e. The Morgan fingerprint density at radius 3 is 2.30 bits per heavy atom. The third-order valence-corrected chi connectivity index (χ3v) is 1.87. The minimum Gasteiger partial charge on any atom is -0.0580 e. The van der Waals surface area contributed by atoms with Crippen LogP contribution in [0, 0.1) is 6.58 Å². The number of benzene rings is 1. The van der Waals surface area contributed by atoms with E-state index in [2.05, 4.69) is 6.58 Å². The molecule has 0 unspecified atom stereocenters. The molecule has 2 rings (SSSR count). The molecule has 1 aliphatic carbocycles. The van der Waals surface area contributed by atoms with Gasteiger partial charge < -0.3 is 0 Å². The Balaban J connectivity index is 2.71. The van der Waals surface area contributed by atoms with Crippen LogP contribution >= 0.6 is 0 Å². The van der Waals surface area contributed by atoms with E-state index in [-0.39, 0.29) is 0 Å². The lowest BCUT2D eigenvalue weighted by Crippen LogP contribution is -2.02. The molecule has 1 aromatic carbocycles. The van der Waals surface area contributed by atoms with Crippen molar-refractivity contribution in [2.45, 2.75) is 0 Å². The maximum atomic E-state index is 5.65. The van der Waals surface area contributed by atoms with Crippen LogP contribution in [0.3, 0.4) is 0 Å². The van der Waals surface area contributed by atoms with Crippen molar-refractivity contribution in [3.05, 3.63) is 48.6 Å². The molecule has 0 fully saturated rings. The Labute approximate surface area is 60.5 Å². The van der Waals surface area contributed by atoms with Gasteiger partial charge in [-0.1, -0.05) is 6.07 Å². The Morgan fingerprint density at radius 2 is 1.70 bits per heavy atom. The molecule has 0 radical (unpaired) electrons. The largest absolute Gasteiger partial charge is 0.198 e. The van der Waals surface area contributed by atoms with Crippen LogP contribution in [-0.2, 0) is 0 Å². The molecule has 1 aliphatic rings. The summed E-state index contributed by atoms with van der Waals surface area (Å²) in [5, 5.41) is 0. The van der Waals surface area contributed by atoms with Crippen LogP contribution in [0.4, 0.5) is 0 Å². The molecule has 0 aromatic heterocycles. The van der Waals surface area contributed by atoms with E-state index in [1.54, 1.807) is 0 Å². The van der Waals surface area contributed by atoms with Crippen molar-refractivity contribution in [3.8, 4) is 0 Å². The first-order valence-corrected chi connectivity index (χ1v) is 3.22. The van der Waals surface area contributed by atoms with Crippen LogP contribution in [0.5, 0.6) is 0 Å². The zero-order valence-corrected chi connectivity index (χ0v) is 5.59. The first-order chi connectivity index (χ1) is 4.80. The molecule has 0 saturated carbocycles. The third kappa shape index (κ3) is 0.445. The maximum absolute atomic E-state index is 5.65. The van der Waals surface area contributed by atoms with Crippen molar-refractivity contribution in [1.29, 1.82) is 0 Å². The predicted octanol–water partition coefficient (Wildman–Crippen LogP) is 2.53. The number of allylic oxidation sites excluding steroid dienone is 2. The van der Waals surface area contributed by atoms with E-state index in [0.29, 0.717) is 0 Å². The van der Waals surface area contributed by atoms with Crippen LogP contribution in [0.25, 0.3) is 11.1 Å². The smallest absolute Gasteiger partial charge is 0.0580 e. The van der Waals surface area contributed by atoms with E-state index in [1.165, 1.54) is 5.56 Å². The highest BCUT2D eigenvalue weighted by Crippen LogP contribution is 2.41. The summed E-state index contributed by atoms with van der Waals surface area (Å²) >= 11 is 0. The van der Waals surface area contributed by atoms with Crippen molar-refractivity contribution < 1.29 is 0 Å². The van der Waals surface area contributed by atoms with Gasteiger partial charge in [0.1, 0.15) is 16.7 Å². The zero-order valence-electron chi connectivity index (χ0n) is 5.59. The van der Waals surface area contributed by atoms with E-state index < -0.39 is 0 Å². The van der Waals surface area contributed by atoms with Gasteiger partial charge in [0.15, 0.2) is 5.57 Å². The standard InChI is InChI=1S/C10H7/c1-7-8(2)10-6-4-3-5-9(7)10/h1,3-6H,2H2/q+1. The summed E-state index contributed by atoms with van der Waals surface area (Å²) in [6.07, 6.45) is 0. The molecule has 0 heterocycles. The summed E-state index contributed by atoms with van der Waals surface area (Å²) in [7, 11) is 0. The Kier molecular flexibility index (Phi) is 0.841. The minimum absolute atomic E-state index is 0.843. The molecule has 0 atom stereocenters. The average molecular weight is 127 g/mol. The fourth-order valence-corrected chi connectivity index (χ4v) is 1.23. The van der Waals surface area contributed by atoms with Gasteiger partial charge in [0.2, 0.25) is 0 Å². The van der Waals surface area contributed by atoms with Gasteiger partial charge in [0.25, 0.3) is 0 Å². The molecule has 0 bridgehead atoms. The Morgan fingerprint density at radius 1 is 1.10 bits per heavy atom. The molecule has 0 amide bonds. The van der Waals surface area contributed by atoms with Gasteiger partial charge in [-0.3, -0.25) is 0 Å². The van der Waals surface area contributed by atoms with Gasteiger partial charge in [-0.15, -0.1) is 0 Å². The number of hydrogen-bond acceptors (Lipinski definition) is 0. The molecule has 0 spiro atoms. The first kappa shape index (κ1) is 5.40. The minimum atomic E-state index is 0.843. The monoisotopic (exact) mass is 127 g/mol. The second kappa shape index (κ2) is 1.56. The molecule has 0 heteroatoms. The number of hydrogen-bond donors (Lipinski definition) is 0. The molecular weight excluding hydrogens is 120 g/mol. The molecule has 0 N–H and O–H groups in total. The topological polar surface area (TPSA) is 0 Å². The SMILES string of the molecule is [CH+]=C1C(=C)c2ccccc21. The molecule has 46 valence electrons. The van der Waals surface area contributed by atoms with Gasteiger partial charge in [-0.25, -0.2) is 0 Å². The lowest BCUT2D eigenvalue weighted by Gasteiger charge is -2.11. The van der Waals surface area contributed by atoms with Gasteiger partial charge in [-0.2, -0.15) is 0 Å². The first-order valence-electron chi connectivity index (χ1n) is 3.22. The highest BCUT2D eigenvalue weighted by atomic mass is 14.2. The summed E-state index contributed by atoms with van der Waals surface area (Å²) in [6, 6.07) is 8.03. The van der Waals surface area contributed by atoms with Gasteiger partial charge in [0.05, 0.1) is 0 Å². The van der Waals surface area contributed by atoms with Crippen molar-refractivity contribution in [1.82, 2.24) is 0 Å². The second-order valence-corrected chi connectivity index (χ2v) is 2.44. The highest BCUT2D eigenvalue weighted by molar-refractivity contribution is 6.14. The van der Waals surface area contributed by atoms with Gasteiger partial charge in [-0.05, 0) is 18.7 Å². The molecular formula is C10H7+. The normalized spacial score (nSPS) is 14.3. The van der Waals surface area contributed by atoms with Crippen LogP contribution in [0.15, 0.2) is 30.8 Å². The van der Waals surface area contributed by atoms with Crippen LogP contribution in [-0.4, -0.2) is 0 Å². The number of fused-ring (bicyclic) bond motifs is 1. The fourth-order valence-electron chi connectivity index (χ4n) is 1.23. The summed E-state index contributed by atoms with van der Waals surface area (Å²) in [5.74, 6) is 0. The van der Waals surface area contributed by atoms with Crippen LogP contribution in [0.2, 0.25) is 0 Å². The van der Waals surface area contributed by atoms with E-state index in [4.69, 9.17) is 6.58 Å². The van der Waals surface area contributed by atoms with E-state index >= 15 is 0 Å². The predicted molar refractivity (Wildman–Crippen MR) is 43.2 cm³/mol. The molecule has 10 heavy (non-hydrogen) atoms. The van der Waals surface area contributed by atoms with E-state index in [1.807, 2.05) is 24.3 Å². The second-order valence-electron chi connectivity index (χ2n) is 2.44. The van der Waals surface area contributed by atoms with Crippen LogP contribution < -0.4 is 0 Å². The summed E-state index contributed by atoms with van der Waals surface area (Å²) in [6.45, 7) is 9.47. The summed E-state index contributed by atoms with van der Waals surface area (Å²) in [4.78, 5) is 0. The fraction of sp³-hybridized carbons (Fsp3) is 0. The lowest BCUT2D eigenvalue weighted by molar-refractivity contribution is 1.50. The number of rotatable bonds is 0. The third-order valence-electron chi connectivity index (χ3n) is 1.87. The van der Waals surface area contributed by atoms with Crippen LogP contribution in [0.1, 0.15) is 11.1 Å². The van der Waals surface area contributed by atoms with E-state index in [0.717, 1.165) is 16.7 Å². The average Bonchev–Trinajstić information content (AvgIpc) is 2.03. The zero-order chi connectivity index (χ0) is 7.14. The molecule has 1 aromatic rings. The van der Waals surface area contributed by atoms with Crippen molar-refractivity contribution in [3.63, 3.8) is 0 Å². The van der Waals surface area contributed by atoms with Crippen molar-refractivity contribution in [2.75, 3.05) is 0 Å². The Bertz CT molecular complexity index is 286. The van der Waals surface area contributed by atoms with Crippen molar-refractivity contribution >= 4 is 11.1 Å². The summed E-state index contributed by atoms with van der Waals surface area (Å²) in [5.41, 5.74) is 4.17. The van der Waals surface area contributed by atoms with Gasteiger partial charge >= 0.3 is 0 Å². The molecule has 0 saturated heterocycles. The molecule has 0 nitrogen and oxygen atoms in total. The van der Waals surface area contributed by atoms with Gasteiger partial charge in [0, 0.05) is 12.6 Å².